The molecular formula is C24H21ClN2O3S2. The van der Waals surface area contributed by atoms with Crippen molar-refractivity contribution in [1.82, 2.24) is 5.32 Å². The van der Waals surface area contributed by atoms with Crippen molar-refractivity contribution in [2.45, 2.75) is 13.1 Å². The summed E-state index contributed by atoms with van der Waals surface area (Å²) < 4.78 is 27.3. The first-order valence-corrected chi connectivity index (χ1v) is 12.9. The van der Waals surface area contributed by atoms with Crippen LogP contribution in [0.5, 0.6) is 0 Å². The summed E-state index contributed by atoms with van der Waals surface area (Å²) >= 11 is 7.32. The van der Waals surface area contributed by atoms with Gasteiger partial charge in [0.1, 0.15) is 0 Å². The summed E-state index contributed by atoms with van der Waals surface area (Å²) in [4.78, 5) is 13.2. The van der Waals surface area contributed by atoms with E-state index in [9.17, 15) is 13.2 Å². The van der Waals surface area contributed by atoms with E-state index in [1.807, 2.05) is 36.4 Å². The van der Waals surface area contributed by atoms with Crippen molar-refractivity contribution in [2.24, 2.45) is 0 Å². The van der Waals surface area contributed by atoms with E-state index in [2.05, 4.69) is 5.32 Å². The third-order valence-electron chi connectivity index (χ3n) is 4.95. The van der Waals surface area contributed by atoms with Gasteiger partial charge in [0.2, 0.25) is 10.0 Å². The number of hydrogen-bond donors (Lipinski definition) is 1. The molecule has 164 valence electrons. The summed E-state index contributed by atoms with van der Waals surface area (Å²) in [7, 11) is -3.52. The van der Waals surface area contributed by atoms with E-state index >= 15 is 0 Å². The predicted octanol–water partition coefficient (Wildman–Crippen LogP) is 5.45. The molecule has 32 heavy (non-hydrogen) atoms. The second-order valence-corrected chi connectivity index (χ2v) is 10.8. The number of anilines is 1. The van der Waals surface area contributed by atoms with Gasteiger partial charge in [-0.05, 0) is 52.9 Å². The molecule has 0 aliphatic rings. The fourth-order valence-electron chi connectivity index (χ4n) is 3.32. The van der Waals surface area contributed by atoms with E-state index < -0.39 is 10.0 Å². The number of carbonyl (C=O) groups is 1. The molecule has 0 aliphatic heterocycles. The predicted molar refractivity (Wildman–Crippen MR) is 132 cm³/mol. The smallest absolute Gasteiger partial charge is 0.261 e. The van der Waals surface area contributed by atoms with E-state index in [1.54, 1.807) is 42.5 Å². The highest BCUT2D eigenvalue weighted by Crippen LogP contribution is 2.31. The Morgan fingerprint density at radius 1 is 0.969 bits per heavy atom. The van der Waals surface area contributed by atoms with Gasteiger partial charge in [-0.25, -0.2) is 8.42 Å². The lowest BCUT2D eigenvalue weighted by Gasteiger charge is -2.22. The zero-order chi connectivity index (χ0) is 22.7. The molecule has 1 heterocycles. The number of rotatable bonds is 7. The van der Waals surface area contributed by atoms with Crippen molar-refractivity contribution in [2.75, 3.05) is 10.6 Å². The highest BCUT2D eigenvalue weighted by atomic mass is 35.5. The van der Waals surface area contributed by atoms with Crippen molar-refractivity contribution < 1.29 is 13.2 Å². The Hall–Kier alpha value is -2.87. The first kappa shape index (κ1) is 22.3. The van der Waals surface area contributed by atoms with Crippen molar-refractivity contribution >= 4 is 54.6 Å². The summed E-state index contributed by atoms with van der Waals surface area (Å²) in [6.45, 7) is 0.637. The van der Waals surface area contributed by atoms with Gasteiger partial charge in [0, 0.05) is 16.3 Å². The fraction of sp³-hybridized carbons (Fsp3) is 0.125. The third-order valence-corrected chi connectivity index (χ3v) is 7.45. The van der Waals surface area contributed by atoms with E-state index in [1.165, 1.54) is 21.9 Å². The maximum atomic E-state index is 12.6. The molecule has 0 atom stereocenters. The van der Waals surface area contributed by atoms with Gasteiger partial charge in [0.15, 0.2) is 0 Å². The molecule has 0 radical (unpaired) electrons. The molecule has 0 bridgehead atoms. The van der Waals surface area contributed by atoms with Gasteiger partial charge in [-0.1, -0.05) is 54.1 Å². The monoisotopic (exact) mass is 484 g/mol. The number of halogens is 1. The van der Waals surface area contributed by atoms with Crippen molar-refractivity contribution in [3.63, 3.8) is 0 Å². The minimum Gasteiger partial charge on any atom is -0.347 e. The lowest BCUT2D eigenvalue weighted by molar-refractivity contribution is 0.0955. The molecule has 4 aromatic rings. The standard InChI is InChI=1S/C24H21ClN2O3S2/c1-32(29,30)27(16-18-7-9-20(25)10-8-18)21-11-12-22-19(13-21)14-23(31-22)24(28)26-15-17-5-3-2-4-6-17/h2-14H,15-16H2,1H3,(H,26,28). The van der Waals surface area contributed by atoms with Gasteiger partial charge in [-0.15, -0.1) is 11.3 Å². The molecule has 0 aliphatic carbocycles. The van der Waals surface area contributed by atoms with E-state index in [4.69, 9.17) is 11.6 Å². The van der Waals surface area contributed by atoms with Crippen molar-refractivity contribution in [1.29, 1.82) is 0 Å². The van der Waals surface area contributed by atoms with E-state index in [-0.39, 0.29) is 12.5 Å². The molecule has 0 saturated carbocycles. The summed E-state index contributed by atoms with van der Waals surface area (Å²) in [5.74, 6) is -0.155. The Morgan fingerprint density at radius 3 is 2.38 bits per heavy atom. The van der Waals surface area contributed by atoms with Gasteiger partial charge >= 0.3 is 0 Å². The molecule has 4 rings (SSSR count). The first-order chi connectivity index (χ1) is 15.3. The van der Waals surface area contributed by atoms with Crippen LogP contribution in [-0.4, -0.2) is 20.6 Å². The molecule has 5 nitrogen and oxygen atoms in total. The number of hydrogen-bond acceptors (Lipinski definition) is 4. The number of benzene rings is 3. The average molecular weight is 485 g/mol. The first-order valence-electron chi connectivity index (χ1n) is 9.87. The van der Waals surface area contributed by atoms with Gasteiger partial charge in [0.05, 0.1) is 23.4 Å². The molecule has 1 aromatic heterocycles. The molecule has 3 aromatic carbocycles. The second kappa shape index (κ2) is 9.32. The molecule has 0 saturated heterocycles. The number of nitrogens with zero attached hydrogens (tertiary/aromatic N) is 1. The summed E-state index contributed by atoms with van der Waals surface area (Å²) in [5.41, 5.74) is 2.39. The number of carbonyl (C=O) groups excluding carboxylic acids is 1. The Morgan fingerprint density at radius 2 is 1.69 bits per heavy atom. The van der Waals surface area contributed by atoms with Crippen LogP contribution in [0.4, 0.5) is 5.69 Å². The summed E-state index contributed by atoms with van der Waals surface area (Å²) in [6.07, 6.45) is 1.18. The second-order valence-electron chi connectivity index (χ2n) is 7.40. The SMILES string of the molecule is CS(=O)(=O)N(Cc1ccc(Cl)cc1)c1ccc2sc(C(=O)NCc3ccccc3)cc2c1. The van der Waals surface area contributed by atoms with Gasteiger partial charge in [-0.3, -0.25) is 9.10 Å². The highest BCUT2D eigenvalue weighted by Gasteiger charge is 2.19. The Bertz CT molecular complexity index is 1350. The van der Waals surface area contributed by atoms with Crippen LogP contribution in [0.1, 0.15) is 20.8 Å². The minimum absolute atomic E-state index is 0.155. The van der Waals surface area contributed by atoms with Crippen LogP contribution >= 0.6 is 22.9 Å². The normalized spacial score (nSPS) is 11.4. The quantitative estimate of drug-likeness (QED) is 0.379. The highest BCUT2D eigenvalue weighted by molar-refractivity contribution is 7.92. The maximum Gasteiger partial charge on any atom is 0.261 e. The lowest BCUT2D eigenvalue weighted by atomic mass is 10.2. The summed E-state index contributed by atoms with van der Waals surface area (Å²) in [5, 5.41) is 4.35. The van der Waals surface area contributed by atoms with Crippen molar-refractivity contribution in [3.8, 4) is 0 Å². The van der Waals surface area contributed by atoms with Crippen LogP contribution in [0.3, 0.4) is 0 Å². The molecule has 1 N–H and O–H groups in total. The van der Waals surface area contributed by atoms with Crippen LogP contribution in [0.15, 0.2) is 78.9 Å². The van der Waals surface area contributed by atoms with Crippen LogP contribution in [-0.2, 0) is 23.1 Å². The molecular weight excluding hydrogens is 464 g/mol. The Kier molecular flexibility index (Phi) is 6.50. The average Bonchev–Trinajstić information content (AvgIpc) is 3.20. The fourth-order valence-corrected chi connectivity index (χ4v) is 5.28. The zero-order valence-electron chi connectivity index (χ0n) is 17.3. The summed E-state index contributed by atoms with van der Waals surface area (Å²) in [6, 6.07) is 24.0. The Balaban J connectivity index is 1.57. The number of thiophene rings is 1. The topological polar surface area (TPSA) is 66.5 Å². The molecule has 0 fully saturated rings. The van der Waals surface area contributed by atoms with Crippen LogP contribution < -0.4 is 9.62 Å². The van der Waals surface area contributed by atoms with Crippen LogP contribution in [0, 0.1) is 0 Å². The number of amides is 1. The maximum absolute atomic E-state index is 12.6. The number of nitrogens with one attached hydrogen (secondary N) is 1. The molecule has 0 spiro atoms. The van der Waals surface area contributed by atoms with Gasteiger partial charge < -0.3 is 5.32 Å². The van der Waals surface area contributed by atoms with E-state index in [0.717, 1.165) is 21.2 Å². The largest absolute Gasteiger partial charge is 0.347 e. The van der Waals surface area contributed by atoms with Crippen LogP contribution in [0.25, 0.3) is 10.1 Å². The van der Waals surface area contributed by atoms with E-state index in [0.29, 0.717) is 22.1 Å². The molecule has 0 unspecified atom stereocenters. The van der Waals surface area contributed by atoms with Crippen LogP contribution in [0.2, 0.25) is 5.02 Å². The molecule has 1 amide bonds. The Labute approximate surface area is 196 Å². The third kappa shape index (κ3) is 5.30. The van der Waals surface area contributed by atoms with Gasteiger partial charge in [0.25, 0.3) is 5.91 Å². The zero-order valence-corrected chi connectivity index (χ0v) is 19.7. The minimum atomic E-state index is -3.52. The van der Waals surface area contributed by atoms with Gasteiger partial charge in [-0.2, -0.15) is 0 Å². The number of fused-ring (bicyclic) bond motifs is 1. The van der Waals surface area contributed by atoms with Crippen molar-refractivity contribution in [3.05, 3.63) is 99.9 Å². The molecule has 8 heteroatoms. The lowest BCUT2D eigenvalue weighted by Crippen LogP contribution is -2.29. The number of sulfonamides is 1.